The van der Waals surface area contributed by atoms with Crippen LogP contribution in [0, 0.1) is 5.82 Å². The van der Waals surface area contributed by atoms with Crippen molar-refractivity contribution in [2.45, 2.75) is 37.8 Å². The molecule has 8 heteroatoms. The quantitative estimate of drug-likeness (QED) is 0.441. The summed E-state index contributed by atoms with van der Waals surface area (Å²) in [6.45, 7) is 2.47. The molecule has 0 spiro atoms. The van der Waals surface area contributed by atoms with E-state index in [-0.39, 0.29) is 5.82 Å². The van der Waals surface area contributed by atoms with E-state index in [0.29, 0.717) is 6.04 Å². The number of aromatic nitrogens is 4. The zero-order valence-electron chi connectivity index (χ0n) is 18.4. The normalized spacial score (nSPS) is 22.1. The topological polar surface area (TPSA) is 69.7 Å². The van der Waals surface area contributed by atoms with Crippen LogP contribution in [0.3, 0.4) is 0 Å². The van der Waals surface area contributed by atoms with Crippen LogP contribution in [0.1, 0.15) is 25.7 Å². The van der Waals surface area contributed by atoms with E-state index in [4.69, 9.17) is 0 Å². The van der Waals surface area contributed by atoms with Gasteiger partial charge < -0.3 is 10.3 Å². The molecule has 0 amide bonds. The first-order valence-corrected chi connectivity index (χ1v) is 12.9. The van der Waals surface area contributed by atoms with Crippen LogP contribution in [0.5, 0.6) is 0 Å². The van der Waals surface area contributed by atoms with Gasteiger partial charge in [-0.05, 0) is 49.4 Å². The van der Waals surface area contributed by atoms with E-state index in [1.807, 2.05) is 12.1 Å². The molecule has 0 radical (unpaired) electrons. The van der Waals surface area contributed by atoms with E-state index in [9.17, 15) is 4.39 Å². The van der Waals surface area contributed by atoms with Gasteiger partial charge in [-0.15, -0.1) is 0 Å². The van der Waals surface area contributed by atoms with Crippen LogP contribution in [-0.4, -0.2) is 61.5 Å². The first kappa shape index (κ1) is 20.9. The molecule has 1 aliphatic heterocycles. The number of H-pyrrole nitrogens is 1. The Hall–Kier alpha value is -2.71. The molecule has 0 unspecified atom stereocenters. The van der Waals surface area contributed by atoms with Gasteiger partial charge in [-0.1, -0.05) is 6.07 Å². The summed E-state index contributed by atoms with van der Waals surface area (Å²) in [5, 5.41) is 5.76. The molecule has 33 heavy (non-hydrogen) atoms. The summed E-state index contributed by atoms with van der Waals surface area (Å²) in [7, 11) is 0. The number of nitrogens with one attached hydrogen (secondary N) is 2. The molecule has 1 saturated carbocycles. The molecule has 2 N–H and O–H groups in total. The monoisotopic (exact) mass is 462 g/mol. The molecule has 1 saturated heterocycles. The highest BCUT2D eigenvalue weighted by molar-refractivity contribution is 7.99. The minimum Gasteiger partial charge on any atom is -0.367 e. The lowest BCUT2D eigenvalue weighted by molar-refractivity contribution is 0.167. The van der Waals surface area contributed by atoms with Gasteiger partial charge in [0.15, 0.2) is 0 Å². The van der Waals surface area contributed by atoms with Crippen LogP contribution in [0.25, 0.3) is 33.1 Å². The second kappa shape index (κ2) is 8.91. The largest absolute Gasteiger partial charge is 0.367 e. The first-order chi connectivity index (χ1) is 16.2. The van der Waals surface area contributed by atoms with Crippen molar-refractivity contribution in [2.75, 3.05) is 29.9 Å². The Morgan fingerprint density at radius 1 is 1.00 bits per heavy atom. The summed E-state index contributed by atoms with van der Waals surface area (Å²) < 4.78 is 13.7. The highest BCUT2D eigenvalue weighted by Crippen LogP contribution is 2.34. The van der Waals surface area contributed by atoms with Crippen LogP contribution < -0.4 is 5.32 Å². The van der Waals surface area contributed by atoms with E-state index >= 15 is 0 Å². The van der Waals surface area contributed by atoms with Gasteiger partial charge in [-0.2, -0.15) is 11.8 Å². The fourth-order valence-corrected chi connectivity index (χ4v) is 6.23. The Balaban J connectivity index is 1.27. The highest BCUT2D eigenvalue weighted by Gasteiger charge is 2.27. The van der Waals surface area contributed by atoms with E-state index < -0.39 is 0 Å². The van der Waals surface area contributed by atoms with Crippen LogP contribution >= 0.6 is 11.8 Å². The van der Waals surface area contributed by atoms with Gasteiger partial charge in [-0.25, -0.2) is 14.4 Å². The molecule has 1 aromatic carbocycles. The number of halogens is 1. The van der Waals surface area contributed by atoms with Crippen LogP contribution in [0.4, 0.5) is 10.2 Å². The molecule has 2 aliphatic rings. The highest BCUT2D eigenvalue weighted by atomic mass is 32.2. The Morgan fingerprint density at radius 3 is 2.67 bits per heavy atom. The summed E-state index contributed by atoms with van der Waals surface area (Å²) in [4.78, 5) is 19.2. The average molecular weight is 463 g/mol. The molecular formula is C25H27FN6S. The van der Waals surface area contributed by atoms with Gasteiger partial charge >= 0.3 is 0 Å². The Bertz CT molecular complexity index is 1280. The third-order valence-electron chi connectivity index (χ3n) is 7.03. The minimum atomic E-state index is -0.337. The fourth-order valence-electron chi connectivity index (χ4n) is 5.30. The third kappa shape index (κ3) is 4.17. The van der Waals surface area contributed by atoms with E-state index in [2.05, 4.69) is 48.0 Å². The predicted octanol–water partition coefficient (Wildman–Crippen LogP) is 5.08. The number of anilines is 1. The fraction of sp³-hybridized carbons (Fsp3) is 0.400. The Labute approximate surface area is 196 Å². The molecule has 6 nitrogen and oxygen atoms in total. The van der Waals surface area contributed by atoms with E-state index in [0.717, 1.165) is 57.8 Å². The number of aromatic amines is 1. The van der Waals surface area contributed by atoms with Crippen molar-refractivity contribution >= 4 is 39.5 Å². The molecule has 170 valence electrons. The molecule has 3 aromatic heterocycles. The summed E-state index contributed by atoms with van der Waals surface area (Å²) in [5.41, 5.74) is 3.49. The number of rotatable bonds is 4. The van der Waals surface area contributed by atoms with Crippen molar-refractivity contribution in [3.63, 3.8) is 0 Å². The molecule has 6 rings (SSSR count). The number of thioether (sulfide) groups is 1. The minimum absolute atomic E-state index is 0.337. The number of fused-ring (bicyclic) bond motifs is 3. The molecular weight excluding hydrogens is 435 g/mol. The molecule has 4 heterocycles. The van der Waals surface area contributed by atoms with Crippen molar-refractivity contribution in [2.24, 2.45) is 0 Å². The predicted molar refractivity (Wildman–Crippen MR) is 133 cm³/mol. The van der Waals surface area contributed by atoms with Crippen molar-refractivity contribution in [3.05, 3.63) is 48.8 Å². The summed E-state index contributed by atoms with van der Waals surface area (Å²) in [6.07, 6.45) is 9.32. The zero-order chi connectivity index (χ0) is 22.2. The van der Waals surface area contributed by atoms with Gasteiger partial charge in [-0.3, -0.25) is 9.88 Å². The maximum atomic E-state index is 13.7. The second-order valence-electron chi connectivity index (χ2n) is 9.02. The van der Waals surface area contributed by atoms with Crippen LogP contribution in [0.15, 0.2) is 43.0 Å². The summed E-state index contributed by atoms with van der Waals surface area (Å²) in [5.74, 6) is 3.08. The molecule has 0 bridgehead atoms. The maximum Gasteiger partial charge on any atom is 0.143 e. The lowest BCUT2D eigenvalue weighted by Gasteiger charge is -2.39. The van der Waals surface area contributed by atoms with Gasteiger partial charge in [0.25, 0.3) is 0 Å². The number of hydrogen-bond acceptors (Lipinski definition) is 6. The van der Waals surface area contributed by atoms with Gasteiger partial charge in [0.2, 0.25) is 0 Å². The van der Waals surface area contributed by atoms with Gasteiger partial charge in [0.05, 0.1) is 11.6 Å². The number of pyridine rings is 1. The second-order valence-corrected chi connectivity index (χ2v) is 10.2. The number of hydrogen-bond donors (Lipinski definition) is 2. The van der Waals surface area contributed by atoms with E-state index in [1.165, 1.54) is 49.7 Å². The van der Waals surface area contributed by atoms with Gasteiger partial charge in [0.1, 0.15) is 23.6 Å². The average Bonchev–Trinajstić information content (AvgIpc) is 3.24. The zero-order valence-corrected chi connectivity index (χ0v) is 19.2. The summed E-state index contributed by atoms with van der Waals surface area (Å²) >= 11 is 2.07. The molecule has 1 aliphatic carbocycles. The smallest absolute Gasteiger partial charge is 0.143 e. The van der Waals surface area contributed by atoms with Crippen LogP contribution in [-0.2, 0) is 0 Å². The first-order valence-electron chi connectivity index (χ1n) is 11.7. The molecule has 4 aromatic rings. The lowest BCUT2D eigenvalue weighted by Crippen LogP contribution is -2.44. The van der Waals surface area contributed by atoms with Crippen molar-refractivity contribution in [1.29, 1.82) is 0 Å². The third-order valence-corrected chi connectivity index (χ3v) is 7.97. The SMILES string of the molecule is Fc1cncc(-c2ccc3[nH]c4ncnc(NC5CCC(N6CCSCC6)CC5)c4c3c2)c1. The number of benzene rings is 1. The lowest BCUT2D eigenvalue weighted by atomic mass is 9.90. The summed E-state index contributed by atoms with van der Waals surface area (Å²) in [6, 6.07) is 8.73. The molecule has 2 fully saturated rings. The standard InChI is InChI=1S/C25H27FN6S/c26-18-11-17(13-27-14-18)16-1-6-22-21(12-16)23-24(28-15-29-25(23)31-22)30-19-2-4-20(5-3-19)32-7-9-33-10-8-32/h1,6,11-15,19-20H,2-5,7-10H2,(H2,28,29,30,31). The van der Waals surface area contributed by atoms with Crippen molar-refractivity contribution in [1.82, 2.24) is 24.8 Å². The van der Waals surface area contributed by atoms with Crippen molar-refractivity contribution in [3.8, 4) is 11.1 Å². The Kier molecular flexibility index (Phi) is 5.63. The van der Waals surface area contributed by atoms with Crippen LogP contribution in [0.2, 0.25) is 0 Å². The molecule has 0 atom stereocenters. The van der Waals surface area contributed by atoms with Crippen molar-refractivity contribution < 1.29 is 4.39 Å². The van der Waals surface area contributed by atoms with Gasteiger partial charge in [0, 0.05) is 59.3 Å². The maximum absolute atomic E-state index is 13.7. The Morgan fingerprint density at radius 2 is 1.85 bits per heavy atom. The number of nitrogens with zero attached hydrogens (tertiary/aromatic N) is 4. The van der Waals surface area contributed by atoms with E-state index in [1.54, 1.807) is 12.5 Å².